The molecule has 1 unspecified atom stereocenters. The summed E-state index contributed by atoms with van der Waals surface area (Å²) in [7, 11) is 0. The van der Waals surface area contributed by atoms with Gasteiger partial charge in [0.15, 0.2) is 0 Å². The third-order valence-electron chi connectivity index (χ3n) is 6.34. The van der Waals surface area contributed by atoms with E-state index in [0.717, 1.165) is 52.2 Å². The number of benzene rings is 2. The van der Waals surface area contributed by atoms with Crippen molar-refractivity contribution in [2.75, 3.05) is 5.32 Å². The lowest BCUT2D eigenvalue weighted by Crippen LogP contribution is -2.14. The van der Waals surface area contributed by atoms with Gasteiger partial charge in [0, 0.05) is 22.8 Å². The fourth-order valence-corrected chi connectivity index (χ4v) is 4.56. The number of pyridine rings is 2. The van der Waals surface area contributed by atoms with Crippen molar-refractivity contribution < 1.29 is 9.84 Å². The molecule has 0 radical (unpaired) electrons. The van der Waals surface area contributed by atoms with Gasteiger partial charge in [0.05, 0.1) is 12.1 Å². The summed E-state index contributed by atoms with van der Waals surface area (Å²) in [6, 6.07) is 19.7. The number of anilines is 1. The van der Waals surface area contributed by atoms with Crippen LogP contribution >= 0.6 is 0 Å². The van der Waals surface area contributed by atoms with Gasteiger partial charge < -0.3 is 15.2 Å². The average Bonchev–Trinajstić information content (AvgIpc) is 3.32. The summed E-state index contributed by atoms with van der Waals surface area (Å²) in [5.41, 5.74) is 4.37. The van der Waals surface area contributed by atoms with E-state index in [0.29, 0.717) is 11.6 Å². The Morgan fingerprint density at radius 1 is 0.970 bits per heavy atom. The van der Waals surface area contributed by atoms with E-state index in [1.807, 2.05) is 62.4 Å². The summed E-state index contributed by atoms with van der Waals surface area (Å²) in [5, 5.41) is 15.7. The molecule has 0 saturated heterocycles. The van der Waals surface area contributed by atoms with Crippen LogP contribution in [0.2, 0.25) is 0 Å². The van der Waals surface area contributed by atoms with E-state index in [1.165, 1.54) is 12.8 Å². The predicted molar refractivity (Wildman–Crippen MR) is 132 cm³/mol. The smallest absolute Gasteiger partial charge is 0.147 e. The zero-order valence-corrected chi connectivity index (χ0v) is 19.1. The first-order chi connectivity index (χ1) is 16.1. The topological polar surface area (TPSA) is 67.3 Å². The van der Waals surface area contributed by atoms with Crippen LogP contribution in [0, 0.1) is 13.8 Å². The van der Waals surface area contributed by atoms with Crippen LogP contribution in [0.25, 0.3) is 10.9 Å². The molecule has 1 fully saturated rings. The maximum absolute atomic E-state index is 11.2. The number of hydrogen-bond acceptors (Lipinski definition) is 5. The Bertz CT molecular complexity index is 1260. The number of aryl methyl sites for hydroxylation is 2. The van der Waals surface area contributed by atoms with Crippen molar-refractivity contribution in [3.05, 3.63) is 89.2 Å². The first-order valence-corrected chi connectivity index (χ1v) is 11.6. The second-order valence-corrected chi connectivity index (χ2v) is 8.92. The van der Waals surface area contributed by atoms with E-state index < -0.39 is 0 Å². The van der Waals surface area contributed by atoms with Crippen LogP contribution in [-0.4, -0.2) is 21.2 Å². The van der Waals surface area contributed by atoms with Crippen LogP contribution in [0.15, 0.2) is 66.9 Å². The highest BCUT2D eigenvalue weighted by Crippen LogP contribution is 2.37. The van der Waals surface area contributed by atoms with Gasteiger partial charge >= 0.3 is 0 Å². The highest BCUT2D eigenvalue weighted by atomic mass is 16.5. The summed E-state index contributed by atoms with van der Waals surface area (Å²) in [4.78, 5) is 9.08. The minimum absolute atomic E-state index is 0.188. The van der Waals surface area contributed by atoms with Gasteiger partial charge in [-0.05, 0) is 81.0 Å². The first kappa shape index (κ1) is 21.3. The van der Waals surface area contributed by atoms with Gasteiger partial charge in [0.2, 0.25) is 0 Å². The molecule has 1 atom stereocenters. The Morgan fingerprint density at radius 2 is 1.73 bits per heavy atom. The molecule has 0 bridgehead atoms. The largest absolute Gasteiger partial charge is 0.505 e. The second kappa shape index (κ2) is 9.10. The number of rotatable bonds is 6. The second-order valence-electron chi connectivity index (χ2n) is 8.92. The van der Waals surface area contributed by atoms with E-state index >= 15 is 0 Å². The zero-order valence-electron chi connectivity index (χ0n) is 19.1. The Kier molecular flexibility index (Phi) is 5.86. The molecule has 1 aliphatic carbocycles. The number of fused-ring (bicyclic) bond motifs is 1. The minimum atomic E-state index is -0.299. The van der Waals surface area contributed by atoms with E-state index in [2.05, 4.69) is 27.4 Å². The lowest BCUT2D eigenvalue weighted by atomic mass is 9.96. The van der Waals surface area contributed by atoms with Crippen LogP contribution in [-0.2, 0) is 0 Å². The highest BCUT2D eigenvalue weighted by Gasteiger charge is 2.22. The molecule has 1 aliphatic rings. The van der Waals surface area contributed by atoms with Crippen molar-refractivity contribution in [3.63, 3.8) is 0 Å². The van der Waals surface area contributed by atoms with Gasteiger partial charge in [-0.15, -0.1) is 0 Å². The molecule has 0 amide bonds. The van der Waals surface area contributed by atoms with E-state index in [9.17, 15) is 5.11 Å². The number of phenolic OH excluding ortho intramolecular Hbond substituents is 1. The number of ether oxygens (including phenoxy) is 1. The summed E-state index contributed by atoms with van der Waals surface area (Å²) >= 11 is 0. The third-order valence-corrected chi connectivity index (χ3v) is 6.34. The molecule has 5 nitrogen and oxygen atoms in total. The van der Waals surface area contributed by atoms with Crippen molar-refractivity contribution in [1.82, 2.24) is 9.97 Å². The SMILES string of the molecule is Cc1ccnc(NC(c2ccc(OC3CCCC3)cc2)c2ccc3ccc(C)nc3c2O)c1. The molecule has 0 spiro atoms. The number of phenols is 1. The number of hydrogen-bond donors (Lipinski definition) is 2. The third kappa shape index (κ3) is 4.63. The lowest BCUT2D eigenvalue weighted by Gasteiger charge is -2.23. The summed E-state index contributed by atoms with van der Waals surface area (Å²) in [6.07, 6.45) is 6.85. The Balaban J connectivity index is 1.53. The summed E-state index contributed by atoms with van der Waals surface area (Å²) in [6.45, 7) is 3.97. The van der Waals surface area contributed by atoms with E-state index in [-0.39, 0.29) is 11.8 Å². The monoisotopic (exact) mass is 439 g/mol. The van der Waals surface area contributed by atoms with Crippen molar-refractivity contribution in [3.8, 4) is 11.5 Å². The van der Waals surface area contributed by atoms with Gasteiger partial charge in [-0.3, -0.25) is 0 Å². The van der Waals surface area contributed by atoms with Crippen LogP contribution in [0.1, 0.15) is 54.1 Å². The molecule has 2 heterocycles. The normalized spacial score (nSPS) is 15.0. The van der Waals surface area contributed by atoms with Gasteiger partial charge in [-0.25, -0.2) is 9.97 Å². The Hall–Kier alpha value is -3.60. The molecule has 2 N–H and O–H groups in total. The van der Waals surface area contributed by atoms with Gasteiger partial charge in [-0.1, -0.05) is 30.3 Å². The van der Waals surface area contributed by atoms with Crippen LogP contribution in [0.3, 0.4) is 0 Å². The summed E-state index contributed by atoms with van der Waals surface area (Å²) in [5.74, 6) is 1.83. The molecule has 0 aliphatic heterocycles. The van der Waals surface area contributed by atoms with Gasteiger partial charge in [0.25, 0.3) is 0 Å². The minimum Gasteiger partial charge on any atom is -0.505 e. The van der Waals surface area contributed by atoms with Crippen molar-refractivity contribution in [1.29, 1.82) is 0 Å². The van der Waals surface area contributed by atoms with Crippen molar-refractivity contribution in [2.45, 2.75) is 51.7 Å². The standard InChI is InChI=1S/C28H29N3O2/c1-18-15-16-29-25(17-18)31-26(20-9-12-23(13-10-20)33-22-5-3-4-6-22)24-14-11-21-8-7-19(2)30-27(21)28(24)32/h7-17,22,26,32H,3-6H2,1-2H3,(H,29,31). The maximum Gasteiger partial charge on any atom is 0.147 e. The molecular formula is C28H29N3O2. The Labute approximate surface area is 194 Å². The van der Waals surface area contributed by atoms with Crippen LogP contribution in [0.4, 0.5) is 5.82 Å². The molecule has 2 aromatic heterocycles. The first-order valence-electron chi connectivity index (χ1n) is 11.6. The van der Waals surface area contributed by atoms with Crippen molar-refractivity contribution in [2.24, 2.45) is 0 Å². The molecule has 4 aromatic rings. The van der Waals surface area contributed by atoms with Crippen LogP contribution in [0.5, 0.6) is 11.5 Å². The molecule has 1 saturated carbocycles. The molecule has 5 rings (SSSR count). The van der Waals surface area contributed by atoms with Crippen LogP contribution < -0.4 is 10.1 Å². The zero-order chi connectivity index (χ0) is 22.8. The number of nitrogens with one attached hydrogen (secondary N) is 1. The molecule has 2 aromatic carbocycles. The lowest BCUT2D eigenvalue weighted by molar-refractivity contribution is 0.210. The number of aromatic hydroxyl groups is 1. The van der Waals surface area contributed by atoms with E-state index in [4.69, 9.17) is 4.74 Å². The molecule has 33 heavy (non-hydrogen) atoms. The Morgan fingerprint density at radius 3 is 2.48 bits per heavy atom. The number of aromatic nitrogens is 2. The quantitative estimate of drug-likeness (QED) is 0.360. The molecule has 5 heteroatoms. The summed E-state index contributed by atoms with van der Waals surface area (Å²) < 4.78 is 6.15. The number of nitrogens with zero attached hydrogens (tertiary/aromatic N) is 2. The fraction of sp³-hybridized carbons (Fsp3) is 0.286. The molecule has 168 valence electrons. The highest BCUT2D eigenvalue weighted by molar-refractivity contribution is 5.86. The predicted octanol–water partition coefficient (Wildman–Crippen LogP) is 6.48. The van der Waals surface area contributed by atoms with Gasteiger partial charge in [-0.2, -0.15) is 0 Å². The van der Waals surface area contributed by atoms with Crippen molar-refractivity contribution >= 4 is 16.7 Å². The average molecular weight is 440 g/mol. The maximum atomic E-state index is 11.2. The van der Waals surface area contributed by atoms with Gasteiger partial charge in [0.1, 0.15) is 22.8 Å². The fourth-order valence-electron chi connectivity index (χ4n) is 4.56. The van der Waals surface area contributed by atoms with E-state index in [1.54, 1.807) is 6.20 Å². The molecular weight excluding hydrogens is 410 g/mol.